The van der Waals surface area contributed by atoms with E-state index in [1.54, 1.807) is 13.2 Å². The van der Waals surface area contributed by atoms with Crippen LogP contribution in [0.25, 0.3) is 0 Å². The highest BCUT2D eigenvalue weighted by Crippen LogP contribution is 1.99. The van der Waals surface area contributed by atoms with Gasteiger partial charge in [-0.05, 0) is 19.1 Å². The SMILES string of the molecule is C[C@@H](N)C(=O)NCCc1ccco1. The lowest BCUT2D eigenvalue weighted by atomic mass is 10.3. The first-order valence-corrected chi connectivity index (χ1v) is 4.26. The summed E-state index contributed by atoms with van der Waals surface area (Å²) < 4.78 is 5.09. The molecule has 1 atom stereocenters. The van der Waals surface area contributed by atoms with Crippen LogP contribution >= 0.6 is 0 Å². The van der Waals surface area contributed by atoms with Crippen molar-refractivity contribution in [2.24, 2.45) is 5.73 Å². The summed E-state index contributed by atoms with van der Waals surface area (Å²) in [6.07, 6.45) is 2.31. The summed E-state index contributed by atoms with van der Waals surface area (Å²) in [5.41, 5.74) is 5.36. The molecule has 1 aromatic heterocycles. The van der Waals surface area contributed by atoms with Gasteiger partial charge in [-0.1, -0.05) is 0 Å². The van der Waals surface area contributed by atoms with Crippen LogP contribution in [0.2, 0.25) is 0 Å². The summed E-state index contributed by atoms with van der Waals surface area (Å²) in [6.45, 7) is 2.22. The third kappa shape index (κ3) is 3.29. The minimum absolute atomic E-state index is 0.133. The maximum Gasteiger partial charge on any atom is 0.236 e. The van der Waals surface area contributed by atoms with Crippen LogP contribution in [0.4, 0.5) is 0 Å². The molecule has 0 unspecified atom stereocenters. The maximum absolute atomic E-state index is 11.0. The van der Waals surface area contributed by atoms with Crippen LogP contribution in [0.5, 0.6) is 0 Å². The highest BCUT2D eigenvalue weighted by molar-refractivity contribution is 5.80. The molecule has 1 amide bonds. The molecule has 13 heavy (non-hydrogen) atoms. The molecule has 0 fully saturated rings. The number of carbonyl (C=O) groups is 1. The van der Waals surface area contributed by atoms with Gasteiger partial charge in [-0.25, -0.2) is 0 Å². The summed E-state index contributed by atoms with van der Waals surface area (Å²) in [6, 6.07) is 3.25. The third-order valence-corrected chi connectivity index (χ3v) is 1.66. The Hall–Kier alpha value is -1.29. The summed E-state index contributed by atoms with van der Waals surface area (Å²) in [4.78, 5) is 11.0. The Balaban J connectivity index is 2.18. The number of hydrogen-bond donors (Lipinski definition) is 2. The van der Waals surface area contributed by atoms with Gasteiger partial charge in [0.05, 0.1) is 12.3 Å². The normalized spacial score (nSPS) is 12.5. The molecule has 4 nitrogen and oxygen atoms in total. The fourth-order valence-electron chi connectivity index (χ4n) is 0.925. The molecule has 0 radical (unpaired) electrons. The monoisotopic (exact) mass is 182 g/mol. The lowest BCUT2D eigenvalue weighted by Crippen LogP contribution is -2.39. The Morgan fingerprint density at radius 3 is 3.08 bits per heavy atom. The van der Waals surface area contributed by atoms with Crippen molar-refractivity contribution >= 4 is 5.91 Å². The van der Waals surface area contributed by atoms with Crippen LogP contribution in [-0.2, 0) is 11.2 Å². The first-order valence-electron chi connectivity index (χ1n) is 4.26. The van der Waals surface area contributed by atoms with Crippen molar-refractivity contribution in [3.8, 4) is 0 Å². The van der Waals surface area contributed by atoms with Crippen molar-refractivity contribution in [2.75, 3.05) is 6.54 Å². The zero-order valence-electron chi connectivity index (χ0n) is 7.62. The Bertz CT molecular complexity index is 255. The molecular weight excluding hydrogens is 168 g/mol. The van der Waals surface area contributed by atoms with Gasteiger partial charge in [0.1, 0.15) is 5.76 Å². The van der Waals surface area contributed by atoms with Crippen LogP contribution < -0.4 is 11.1 Å². The highest BCUT2D eigenvalue weighted by Gasteiger charge is 2.05. The first-order chi connectivity index (χ1) is 6.20. The van der Waals surface area contributed by atoms with Gasteiger partial charge in [0.25, 0.3) is 0 Å². The number of nitrogens with one attached hydrogen (secondary N) is 1. The Morgan fingerprint density at radius 1 is 1.77 bits per heavy atom. The second-order valence-electron chi connectivity index (χ2n) is 2.91. The molecule has 3 N–H and O–H groups in total. The van der Waals surface area contributed by atoms with Gasteiger partial charge in [-0.3, -0.25) is 4.79 Å². The van der Waals surface area contributed by atoms with Gasteiger partial charge < -0.3 is 15.5 Å². The van der Waals surface area contributed by atoms with Crippen molar-refractivity contribution in [3.05, 3.63) is 24.2 Å². The summed E-state index contributed by atoms with van der Waals surface area (Å²) in [7, 11) is 0. The molecule has 1 aromatic rings. The van der Waals surface area contributed by atoms with Gasteiger partial charge in [-0.15, -0.1) is 0 Å². The summed E-state index contributed by atoms with van der Waals surface area (Å²) in [5.74, 6) is 0.733. The van der Waals surface area contributed by atoms with Crippen molar-refractivity contribution in [2.45, 2.75) is 19.4 Å². The van der Waals surface area contributed by atoms with E-state index in [1.807, 2.05) is 12.1 Å². The minimum Gasteiger partial charge on any atom is -0.469 e. The molecular formula is C9H14N2O2. The van der Waals surface area contributed by atoms with Crippen LogP contribution in [0.3, 0.4) is 0 Å². The van der Waals surface area contributed by atoms with Gasteiger partial charge >= 0.3 is 0 Å². The van der Waals surface area contributed by atoms with Gasteiger partial charge in [-0.2, -0.15) is 0 Å². The van der Waals surface area contributed by atoms with E-state index in [0.717, 1.165) is 5.76 Å². The zero-order chi connectivity index (χ0) is 9.68. The minimum atomic E-state index is -0.448. The van der Waals surface area contributed by atoms with E-state index >= 15 is 0 Å². The molecule has 72 valence electrons. The number of nitrogens with two attached hydrogens (primary N) is 1. The van der Waals surface area contributed by atoms with Crippen molar-refractivity contribution in [1.29, 1.82) is 0 Å². The fourth-order valence-corrected chi connectivity index (χ4v) is 0.925. The van der Waals surface area contributed by atoms with Gasteiger partial charge in [0.2, 0.25) is 5.91 Å². The molecule has 0 saturated carbocycles. The van der Waals surface area contributed by atoms with Crippen LogP contribution in [-0.4, -0.2) is 18.5 Å². The summed E-state index contributed by atoms with van der Waals surface area (Å²) >= 11 is 0. The third-order valence-electron chi connectivity index (χ3n) is 1.66. The summed E-state index contributed by atoms with van der Waals surface area (Å²) in [5, 5.41) is 2.70. The predicted molar refractivity (Wildman–Crippen MR) is 49.1 cm³/mol. The first kappa shape index (κ1) is 9.80. The van der Waals surface area contributed by atoms with E-state index in [-0.39, 0.29) is 5.91 Å². The Morgan fingerprint density at radius 2 is 2.54 bits per heavy atom. The second kappa shape index (κ2) is 4.67. The number of hydrogen-bond acceptors (Lipinski definition) is 3. The van der Waals surface area contributed by atoms with E-state index < -0.39 is 6.04 Å². The average Bonchev–Trinajstić information content (AvgIpc) is 2.56. The number of amides is 1. The van der Waals surface area contributed by atoms with Gasteiger partial charge in [0, 0.05) is 13.0 Å². The van der Waals surface area contributed by atoms with E-state index in [1.165, 1.54) is 0 Å². The molecule has 0 aliphatic heterocycles. The quantitative estimate of drug-likeness (QED) is 0.703. The molecule has 0 spiro atoms. The van der Waals surface area contributed by atoms with Crippen LogP contribution in [0.1, 0.15) is 12.7 Å². The number of carbonyl (C=O) groups excluding carboxylic acids is 1. The molecule has 1 rings (SSSR count). The predicted octanol–water partition coefficient (Wildman–Crippen LogP) is 0.286. The molecule has 0 aromatic carbocycles. The molecule has 0 bridgehead atoms. The number of rotatable bonds is 4. The molecule has 1 heterocycles. The smallest absolute Gasteiger partial charge is 0.236 e. The van der Waals surface area contributed by atoms with Crippen LogP contribution in [0.15, 0.2) is 22.8 Å². The van der Waals surface area contributed by atoms with Gasteiger partial charge in [0.15, 0.2) is 0 Å². The van der Waals surface area contributed by atoms with E-state index in [0.29, 0.717) is 13.0 Å². The molecule has 0 aliphatic rings. The molecule has 4 heteroatoms. The molecule has 0 aliphatic carbocycles. The highest BCUT2D eigenvalue weighted by atomic mass is 16.3. The van der Waals surface area contributed by atoms with E-state index in [2.05, 4.69) is 5.32 Å². The van der Waals surface area contributed by atoms with Crippen molar-refractivity contribution in [3.63, 3.8) is 0 Å². The average molecular weight is 182 g/mol. The van der Waals surface area contributed by atoms with Crippen molar-refractivity contribution in [1.82, 2.24) is 5.32 Å². The van der Waals surface area contributed by atoms with E-state index in [4.69, 9.17) is 10.2 Å². The standard InChI is InChI=1S/C9H14N2O2/c1-7(10)9(12)11-5-4-8-3-2-6-13-8/h2-3,6-7H,4-5,10H2,1H3,(H,11,12)/t7-/m1/s1. The maximum atomic E-state index is 11.0. The van der Waals surface area contributed by atoms with E-state index in [9.17, 15) is 4.79 Å². The lowest BCUT2D eigenvalue weighted by molar-refractivity contribution is -0.121. The fraction of sp³-hybridized carbons (Fsp3) is 0.444. The lowest BCUT2D eigenvalue weighted by Gasteiger charge is -2.05. The zero-order valence-corrected chi connectivity index (χ0v) is 7.62. The topological polar surface area (TPSA) is 68.3 Å². The Labute approximate surface area is 77.1 Å². The largest absolute Gasteiger partial charge is 0.469 e. The van der Waals surface area contributed by atoms with Crippen molar-refractivity contribution < 1.29 is 9.21 Å². The second-order valence-corrected chi connectivity index (χ2v) is 2.91. The Kier molecular flexibility index (Phi) is 3.52. The number of furan rings is 1. The van der Waals surface area contributed by atoms with Crippen LogP contribution in [0, 0.1) is 0 Å². The molecule has 0 saturated heterocycles.